The van der Waals surface area contributed by atoms with Gasteiger partial charge in [-0.25, -0.2) is 4.79 Å². The van der Waals surface area contributed by atoms with Crippen LogP contribution in [0.15, 0.2) is 60.7 Å². The predicted octanol–water partition coefficient (Wildman–Crippen LogP) is 4.02. The van der Waals surface area contributed by atoms with Gasteiger partial charge >= 0.3 is 5.97 Å². The fourth-order valence-electron chi connectivity index (χ4n) is 1.96. The molecule has 0 saturated heterocycles. The minimum Gasteiger partial charge on any atom is -0.268 e. The quantitative estimate of drug-likeness (QED) is 0.618. The number of hydrogen-bond donors (Lipinski definition) is 0. The van der Waals surface area contributed by atoms with Crippen molar-refractivity contribution in [1.82, 2.24) is 0 Å². The molecule has 0 saturated carbocycles. The highest BCUT2D eigenvalue weighted by molar-refractivity contribution is 5.81. The second-order valence-corrected chi connectivity index (χ2v) is 5.92. The first-order valence-electron chi connectivity index (χ1n) is 7.13. The molecule has 0 amide bonds. The molecule has 0 unspecified atom stereocenters. The van der Waals surface area contributed by atoms with Gasteiger partial charge in [0.15, 0.2) is 0 Å². The Morgan fingerprint density at radius 1 is 0.864 bits per heavy atom. The molecule has 0 N–H and O–H groups in total. The average Bonchev–Trinajstić information content (AvgIpc) is 2.48. The summed E-state index contributed by atoms with van der Waals surface area (Å²) in [5.74, 6) is -1.09. The summed E-state index contributed by atoms with van der Waals surface area (Å²) in [5.41, 5.74) is 1.10. The number of carbonyl (C=O) groups excluding carboxylic acids is 1. The lowest BCUT2D eigenvalue weighted by Gasteiger charge is -2.18. The van der Waals surface area contributed by atoms with Crippen LogP contribution in [0.1, 0.15) is 37.8 Å². The summed E-state index contributed by atoms with van der Waals surface area (Å²) in [5, 5.41) is 4.63. The Balaban J connectivity index is 2.17. The number of rotatable bonds is 5. The van der Waals surface area contributed by atoms with Gasteiger partial charge in [-0.3, -0.25) is 4.89 Å². The molecule has 4 heteroatoms. The van der Waals surface area contributed by atoms with Gasteiger partial charge < -0.3 is 0 Å². The van der Waals surface area contributed by atoms with Gasteiger partial charge in [-0.15, -0.1) is 0 Å². The van der Waals surface area contributed by atoms with Crippen molar-refractivity contribution in [3.8, 4) is 0 Å². The Hall–Kier alpha value is -2.17. The Labute approximate surface area is 130 Å². The van der Waals surface area contributed by atoms with Crippen molar-refractivity contribution in [2.24, 2.45) is 0 Å². The third-order valence-electron chi connectivity index (χ3n) is 2.90. The first-order chi connectivity index (χ1) is 10.5. The fourth-order valence-corrected chi connectivity index (χ4v) is 1.96. The highest BCUT2D eigenvalue weighted by atomic mass is 17.5. The van der Waals surface area contributed by atoms with Gasteiger partial charge in [-0.2, -0.15) is 4.89 Å². The zero-order valence-electron chi connectivity index (χ0n) is 13.0. The first kappa shape index (κ1) is 16.2. The highest BCUT2D eigenvalue weighted by Crippen LogP contribution is 2.26. The Bertz CT molecular complexity index is 548. The molecular weight excluding hydrogens is 280 g/mol. The lowest BCUT2D eigenvalue weighted by atomic mass is 9.91. The van der Waals surface area contributed by atoms with Crippen LogP contribution in [-0.2, 0) is 19.6 Å². The Kier molecular flexibility index (Phi) is 5.31. The molecule has 0 aliphatic carbocycles. The molecule has 0 bridgehead atoms. The van der Waals surface area contributed by atoms with Crippen LogP contribution in [0.5, 0.6) is 0 Å². The van der Waals surface area contributed by atoms with E-state index in [9.17, 15) is 4.79 Å². The largest absolute Gasteiger partial charge is 0.357 e. The van der Waals surface area contributed by atoms with Crippen molar-refractivity contribution >= 4 is 5.97 Å². The molecule has 0 aromatic heterocycles. The molecule has 0 heterocycles. The van der Waals surface area contributed by atoms with Crippen molar-refractivity contribution in [1.29, 1.82) is 0 Å². The molecule has 2 aromatic carbocycles. The maximum atomic E-state index is 12.4. The van der Waals surface area contributed by atoms with Crippen LogP contribution in [-0.4, -0.2) is 11.6 Å². The van der Waals surface area contributed by atoms with Crippen molar-refractivity contribution in [2.75, 3.05) is 0 Å². The summed E-state index contributed by atoms with van der Waals surface area (Å²) in [6.07, 6.45) is 0. The molecule has 0 aliphatic rings. The van der Waals surface area contributed by atoms with E-state index in [2.05, 4.69) is 5.04 Å². The van der Waals surface area contributed by atoms with Crippen molar-refractivity contribution in [3.05, 3.63) is 71.8 Å². The maximum Gasteiger partial charge on any atom is 0.357 e. The summed E-state index contributed by atoms with van der Waals surface area (Å²) in [4.78, 5) is 22.2. The molecule has 4 nitrogen and oxygen atoms in total. The van der Waals surface area contributed by atoms with Gasteiger partial charge in [0, 0.05) is 0 Å². The molecule has 2 aromatic rings. The molecule has 0 radical (unpaired) electrons. The second-order valence-electron chi connectivity index (χ2n) is 5.92. The average molecular weight is 300 g/mol. The Morgan fingerprint density at radius 2 is 1.32 bits per heavy atom. The van der Waals surface area contributed by atoms with E-state index >= 15 is 0 Å². The van der Waals surface area contributed by atoms with Crippen LogP contribution in [0.4, 0.5) is 0 Å². The molecule has 0 atom stereocenters. The second kappa shape index (κ2) is 7.20. The van der Waals surface area contributed by atoms with Crippen LogP contribution < -0.4 is 0 Å². The fraction of sp³-hybridized carbons (Fsp3) is 0.278. The van der Waals surface area contributed by atoms with Gasteiger partial charge in [0.1, 0.15) is 5.92 Å². The SMILES string of the molecule is CC(C)(C)OOOC(=O)C(c1ccccc1)c1ccccc1. The van der Waals surface area contributed by atoms with Gasteiger partial charge in [-0.1, -0.05) is 60.7 Å². The predicted molar refractivity (Wildman–Crippen MR) is 82.7 cm³/mol. The van der Waals surface area contributed by atoms with Gasteiger partial charge in [0.25, 0.3) is 0 Å². The van der Waals surface area contributed by atoms with Crippen molar-refractivity contribution in [3.63, 3.8) is 0 Å². The summed E-state index contributed by atoms with van der Waals surface area (Å²) < 4.78 is 0. The van der Waals surface area contributed by atoms with E-state index in [0.717, 1.165) is 11.1 Å². The van der Waals surface area contributed by atoms with Crippen LogP contribution in [0.25, 0.3) is 0 Å². The molecule has 2 rings (SSSR count). The monoisotopic (exact) mass is 300 g/mol. The zero-order valence-corrected chi connectivity index (χ0v) is 13.0. The van der Waals surface area contributed by atoms with Crippen LogP contribution in [0.3, 0.4) is 0 Å². The maximum absolute atomic E-state index is 12.4. The van der Waals surface area contributed by atoms with Gasteiger partial charge in [0.05, 0.1) is 5.60 Å². The van der Waals surface area contributed by atoms with Gasteiger partial charge in [0.2, 0.25) is 0 Å². The minimum absolute atomic E-state index is 0.526. The van der Waals surface area contributed by atoms with E-state index in [-0.39, 0.29) is 0 Å². The smallest absolute Gasteiger partial charge is 0.268 e. The molecule has 22 heavy (non-hydrogen) atoms. The van der Waals surface area contributed by atoms with Crippen molar-refractivity contribution < 1.29 is 19.6 Å². The molecule has 0 spiro atoms. The zero-order chi connectivity index (χ0) is 16.0. The van der Waals surface area contributed by atoms with E-state index in [4.69, 9.17) is 9.78 Å². The number of carbonyl (C=O) groups is 1. The van der Waals surface area contributed by atoms with Gasteiger partial charge in [-0.05, 0) is 36.9 Å². The van der Waals surface area contributed by atoms with Crippen LogP contribution >= 0.6 is 0 Å². The number of benzene rings is 2. The van der Waals surface area contributed by atoms with E-state index in [1.807, 2.05) is 60.7 Å². The summed E-state index contributed by atoms with van der Waals surface area (Å²) in [7, 11) is 0. The molecule has 0 aliphatic heterocycles. The highest BCUT2D eigenvalue weighted by Gasteiger charge is 2.26. The summed E-state index contributed by atoms with van der Waals surface area (Å²) >= 11 is 0. The number of hydrogen-bond acceptors (Lipinski definition) is 4. The Morgan fingerprint density at radius 3 is 1.73 bits per heavy atom. The third-order valence-corrected chi connectivity index (χ3v) is 2.90. The van der Waals surface area contributed by atoms with E-state index < -0.39 is 17.5 Å². The van der Waals surface area contributed by atoms with Crippen LogP contribution in [0, 0.1) is 0 Å². The van der Waals surface area contributed by atoms with E-state index in [1.54, 1.807) is 20.8 Å². The lowest BCUT2D eigenvalue weighted by molar-refractivity contribution is -0.514. The van der Waals surface area contributed by atoms with Crippen molar-refractivity contribution in [2.45, 2.75) is 32.3 Å². The standard InChI is InChI=1S/C18H20O4/c1-18(2,3)21-22-20-17(19)16(14-10-6-4-7-11-14)15-12-8-5-9-13-15/h4-13,16H,1-3H3. The minimum atomic E-state index is -0.564. The van der Waals surface area contributed by atoms with E-state index in [1.165, 1.54) is 0 Å². The topological polar surface area (TPSA) is 44.8 Å². The van der Waals surface area contributed by atoms with E-state index in [0.29, 0.717) is 0 Å². The van der Waals surface area contributed by atoms with Crippen LogP contribution in [0.2, 0.25) is 0 Å². The third kappa shape index (κ3) is 4.69. The normalized spacial score (nSPS) is 11.5. The summed E-state index contributed by atoms with van der Waals surface area (Å²) in [6.45, 7) is 5.39. The first-order valence-corrected chi connectivity index (χ1v) is 7.13. The molecule has 116 valence electrons. The molecular formula is C18H20O4. The summed E-state index contributed by atoms with van der Waals surface area (Å²) in [6, 6.07) is 18.8. The molecule has 0 fully saturated rings. The lowest BCUT2D eigenvalue weighted by Crippen LogP contribution is -2.23.